The fourth-order valence-electron chi connectivity index (χ4n) is 1.75. The van der Waals surface area contributed by atoms with Gasteiger partial charge in [0.1, 0.15) is 0 Å². The minimum Gasteiger partial charge on any atom is -0.326 e. The number of hydrogen-bond donors (Lipinski definition) is 1. The zero-order valence-corrected chi connectivity index (χ0v) is 9.66. The Hall–Kier alpha value is -0.310. The summed E-state index contributed by atoms with van der Waals surface area (Å²) >= 11 is 0. The number of nitrogens with two attached hydrogens (primary N) is 1. The van der Waals surface area contributed by atoms with Gasteiger partial charge in [0.2, 0.25) is 0 Å². The SMILES string of the molecule is Cl.Cl.NCc1cnc2c(c1)CCCC2. The van der Waals surface area contributed by atoms with E-state index in [1.54, 1.807) is 0 Å². The van der Waals surface area contributed by atoms with Gasteiger partial charge in [-0.1, -0.05) is 6.07 Å². The van der Waals surface area contributed by atoms with Gasteiger partial charge in [-0.25, -0.2) is 0 Å². The van der Waals surface area contributed by atoms with Gasteiger partial charge in [0.25, 0.3) is 0 Å². The van der Waals surface area contributed by atoms with Gasteiger partial charge in [0.05, 0.1) is 0 Å². The van der Waals surface area contributed by atoms with Crippen LogP contribution in [0.1, 0.15) is 29.7 Å². The summed E-state index contributed by atoms with van der Waals surface area (Å²) in [7, 11) is 0. The highest BCUT2D eigenvalue weighted by Gasteiger charge is 2.09. The second-order valence-corrected chi connectivity index (χ2v) is 3.36. The minimum absolute atomic E-state index is 0. The van der Waals surface area contributed by atoms with Crippen LogP contribution in [0.3, 0.4) is 0 Å². The summed E-state index contributed by atoms with van der Waals surface area (Å²) in [5, 5.41) is 0. The van der Waals surface area contributed by atoms with Crippen molar-refractivity contribution in [3.63, 3.8) is 0 Å². The minimum atomic E-state index is 0. The van der Waals surface area contributed by atoms with Crippen molar-refractivity contribution in [2.75, 3.05) is 0 Å². The Morgan fingerprint density at radius 2 is 1.93 bits per heavy atom. The standard InChI is InChI=1S/C10H14N2.2ClH/c11-6-8-5-9-3-1-2-4-10(9)12-7-8;;/h5,7H,1-4,6,11H2;2*1H. The lowest BCUT2D eigenvalue weighted by atomic mass is 9.95. The third-order valence-electron chi connectivity index (χ3n) is 2.46. The number of hydrogen-bond acceptors (Lipinski definition) is 2. The molecule has 0 saturated heterocycles. The summed E-state index contributed by atoms with van der Waals surface area (Å²) in [4.78, 5) is 4.41. The van der Waals surface area contributed by atoms with Crippen LogP contribution in [0.5, 0.6) is 0 Å². The monoisotopic (exact) mass is 234 g/mol. The van der Waals surface area contributed by atoms with Crippen LogP contribution in [0.15, 0.2) is 12.3 Å². The second-order valence-electron chi connectivity index (χ2n) is 3.36. The highest BCUT2D eigenvalue weighted by molar-refractivity contribution is 5.85. The summed E-state index contributed by atoms with van der Waals surface area (Å²) in [6.45, 7) is 0.611. The average Bonchev–Trinajstić information content (AvgIpc) is 2.17. The third-order valence-corrected chi connectivity index (χ3v) is 2.46. The lowest BCUT2D eigenvalue weighted by Gasteiger charge is -2.14. The maximum absolute atomic E-state index is 5.54. The number of fused-ring (bicyclic) bond motifs is 1. The van der Waals surface area contributed by atoms with Gasteiger partial charge in [0.15, 0.2) is 0 Å². The Morgan fingerprint density at radius 3 is 2.64 bits per heavy atom. The van der Waals surface area contributed by atoms with E-state index in [-0.39, 0.29) is 24.8 Å². The van der Waals surface area contributed by atoms with E-state index in [1.807, 2.05) is 6.20 Å². The Morgan fingerprint density at radius 1 is 1.21 bits per heavy atom. The largest absolute Gasteiger partial charge is 0.326 e. The van der Waals surface area contributed by atoms with Crippen LogP contribution in [0, 0.1) is 0 Å². The van der Waals surface area contributed by atoms with Crippen LogP contribution >= 0.6 is 24.8 Å². The molecule has 1 aliphatic carbocycles. The molecule has 2 N–H and O–H groups in total. The van der Waals surface area contributed by atoms with Gasteiger partial charge in [0, 0.05) is 18.4 Å². The average molecular weight is 235 g/mol. The first-order valence-electron chi connectivity index (χ1n) is 4.57. The van der Waals surface area contributed by atoms with Crippen molar-refractivity contribution < 1.29 is 0 Å². The molecule has 2 rings (SSSR count). The van der Waals surface area contributed by atoms with E-state index in [9.17, 15) is 0 Å². The van der Waals surface area contributed by atoms with Gasteiger partial charge in [-0.2, -0.15) is 0 Å². The zero-order valence-electron chi connectivity index (χ0n) is 8.03. The summed E-state index contributed by atoms with van der Waals surface area (Å²) in [6.07, 6.45) is 6.85. The number of aromatic nitrogens is 1. The predicted octanol–water partition coefficient (Wildman–Crippen LogP) is 2.26. The third kappa shape index (κ3) is 2.84. The van der Waals surface area contributed by atoms with E-state index in [0.717, 1.165) is 12.0 Å². The Kier molecular flexibility index (Phi) is 6.09. The zero-order chi connectivity index (χ0) is 8.39. The molecular weight excluding hydrogens is 219 g/mol. The quantitative estimate of drug-likeness (QED) is 0.810. The van der Waals surface area contributed by atoms with Crippen molar-refractivity contribution in [1.82, 2.24) is 4.98 Å². The predicted molar refractivity (Wildman–Crippen MR) is 63.3 cm³/mol. The molecule has 0 aromatic carbocycles. The van der Waals surface area contributed by atoms with Gasteiger partial charge in [-0.3, -0.25) is 4.98 Å². The van der Waals surface area contributed by atoms with Crippen LogP contribution in [-0.4, -0.2) is 4.98 Å². The molecule has 0 bridgehead atoms. The molecule has 0 atom stereocenters. The van der Waals surface area contributed by atoms with Crippen molar-refractivity contribution in [2.24, 2.45) is 5.73 Å². The molecule has 0 spiro atoms. The highest BCUT2D eigenvalue weighted by atomic mass is 35.5. The van der Waals surface area contributed by atoms with Crippen LogP contribution in [0.4, 0.5) is 0 Å². The van der Waals surface area contributed by atoms with Crippen LogP contribution < -0.4 is 5.73 Å². The smallest absolute Gasteiger partial charge is 0.0435 e. The maximum atomic E-state index is 5.54. The lowest BCUT2D eigenvalue weighted by molar-refractivity contribution is 0.665. The molecule has 2 nitrogen and oxygen atoms in total. The lowest BCUT2D eigenvalue weighted by Crippen LogP contribution is -2.07. The molecule has 0 fully saturated rings. The molecule has 0 amide bonds. The van der Waals surface area contributed by atoms with Crippen LogP contribution in [0.2, 0.25) is 0 Å². The molecule has 80 valence electrons. The topological polar surface area (TPSA) is 38.9 Å². The Balaban J connectivity index is 0.000000845. The van der Waals surface area contributed by atoms with E-state index in [2.05, 4.69) is 11.1 Å². The van der Waals surface area contributed by atoms with E-state index in [1.165, 1.54) is 30.5 Å². The van der Waals surface area contributed by atoms with Gasteiger partial charge >= 0.3 is 0 Å². The number of nitrogens with zero attached hydrogens (tertiary/aromatic N) is 1. The first-order valence-corrected chi connectivity index (χ1v) is 4.57. The normalized spacial score (nSPS) is 13.5. The van der Waals surface area contributed by atoms with Crippen molar-refractivity contribution in [3.8, 4) is 0 Å². The summed E-state index contributed by atoms with van der Waals surface area (Å²) in [6, 6.07) is 2.21. The highest BCUT2D eigenvalue weighted by Crippen LogP contribution is 2.19. The molecule has 1 aromatic heterocycles. The van der Waals surface area contributed by atoms with Gasteiger partial charge < -0.3 is 5.73 Å². The first-order chi connectivity index (χ1) is 5.90. The fraction of sp³-hybridized carbons (Fsp3) is 0.500. The van der Waals surface area contributed by atoms with Crippen LogP contribution in [0.25, 0.3) is 0 Å². The molecule has 1 aliphatic rings. The number of rotatable bonds is 1. The second kappa shape index (κ2) is 6.23. The Bertz CT molecular complexity index is 289. The molecule has 1 aromatic rings. The fourth-order valence-corrected chi connectivity index (χ4v) is 1.75. The van der Waals surface area contributed by atoms with Gasteiger partial charge in [-0.15, -0.1) is 24.8 Å². The molecular formula is C10H16Cl2N2. The van der Waals surface area contributed by atoms with Crippen molar-refractivity contribution in [2.45, 2.75) is 32.2 Å². The molecule has 0 radical (unpaired) electrons. The molecule has 4 heteroatoms. The molecule has 0 unspecified atom stereocenters. The number of pyridine rings is 1. The van der Waals surface area contributed by atoms with E-state index in [0.29, 0.717) is 6.54 Å². The van der Waals surface area contributed by atoms with Crippen LogP contribution in [-0.2, 0) is 19.4 Å². The number of aryl methyl sites for hydroxylation is 2. The molecule has 0 aliphatic heterocycles. The molecule has 14 heavy (non-hydrogen) atoms. The van der Waals surface area contributed by atoms with E-state index >= 15 is 0 Å². The van der Waals surface area contributed by atoms with E-state index in [4.69, 9.17) is 5.73 Å². The summed E-state index contributed by atoms with van der Waals surface area (Å²) in [5.74, 6) is 0. The van der Waals surface area contributed by atoms with Gasteiger partial charge in [-0.05, 0) is 36.8 Å². The maximum Gasteiger partial charge on any atom is 0.0435 e. The molecule has 1 heterocycles. The van der Waals surface area contributed by atoms with E-state index < -0.39 is 0 Å². The number of halogens is 2. The Labute approximate surface area is 97.1 Å². The van der Waals surface area contributed by atoms with Crippen molar-refractivity contribution >= 4 is 24.8 Å². The first kappa shape index (κ1) is 13.7. The van der Waals surface area contributed by atoms with Crippen molar-refractivity contribution in [1.29, 1.82) is 0 Å². The van der Waals surface area contributed by atoms with Crippen molar-refractivity contribution in [3.05, 3.63) is 29.1 Å². The summed E-state index contributed by atoms with van der Waals surface area (Å²) < 4.78 is 0. The molecule has 0 saturated carbocycles. The summed E-state index contributed by atoms with van der Waals surface area (Å²) in [5.41, 5.74) is 9.42.